The largest absolute Gasteiger partial charge is 0.385 e. The van der Waals surface area contributed by atoms with Crippen molar-refractivity contribution in [1.82, 2.24) is 0 Å². The second-order valence-corrected chi connectivity index (χ2v) is 4.41. The minimum absolute atomic E-state index is 0.311. The first-order chi connectivity index (χ1) is 7.16. The van der Waals surface area contributed by atoms with E-state index < -0.39 is 5.60 Å². The Morgan fingerprint density at radius 2 is 2.07 bits per heavy atom. The van der Waals surface area contributed by atoms with E-state index >= 15 is 0 Å². The number of rotatable bonds is 1. The van der Waals surface area contributed by atoms with Gasteiger partial charge in [0.25, 0.3) is 0 Å². The molecule has 1 saturated carbocycles. The lowest BCUT2D eigenvalue weighted by atomic mass is 9.85. The molecule has 1 aliphatic carbocycles. The van der Waals surface area contributed by atoms with Gasteiger partial charge in [-0.15, -0.1) is 0 Å². The third-order valence-corrected chi connectivity index (χ3v) is 3.52. The van der Waals surface area contributed by atoms with Crippen LogP contribution in [0.15, 0.2) is 24.3 Å². The molecule has 0 saturated heterocycles. The third kappa shape index (κ3) is 1.64. The van der Waals surface area contributed by atoms with Crippen LogP contribution in [0.1, 0.15) is 37.3 Å². The summed E-state index contributed by atoms with van der Waals surface area (Å²) in [5.74, 6) is 0.311. The Hall–Kier alpha value is -1.33. The second-order valence-electron chi connectivity index (χ2n) is 4.41. The summed E-state index contributed by atoms with van der Waals surface area (Å²) in [6, 6.07) is 9.39. The zero-order chi connectivity index (χ0) is 10.9. The summed E-state index contributed by atoms with van der Waals surface area (Å²) in [6.45, 7) is 2.09. The maximum Gasteiger partial charge on any atom is 0.0991 e. The molecule has 1 aliphatic rings. The van der Waals surface area contributed by atoms with Crippen LogP contribution < -0.4 is 0 Å². The highest BCUT2D eigenvalue weighted by Gasteiger charge is 2.39. The number of aliphatic hydroxyl groups is 1. The normalized spacial score (nSPS) is 30.1. The first-order valence-electron chi connectivity index (χ1n) is 5.40. The van der Waals surface area contributed by atoms with Gasteiger partial charge in [-0.1, -0.05) is 19.1 Å². The van der Waals surface area contributed by atoms with Crippen LogP contribution in [0, 0.1) is 17.2 Å². The van der Waals surface area contributed by atoms with Gasteiger partial charge in [-0.2, -0.15) is 5.26 Å². The van der Waals surface area contributed by atoms with Crippen LogP contribution in [-0.4, -0.2) is 5.11 Å². The number of hydrogen-bond acceptors (Lipinski definition) is 2. The molecular formula is C13H15NO. The number of nitriles is 1. The summed E-state index contributed by atoms with van der Waals surface area (Å²) < 4.78 is 0. The fourth-order valence-corrected chi connectivity index (χ4v) is 2.43. The molecule has 1 aromatic carbocycles. The molecule has 0 amide bonds. The molecule has 0 bridgehead atoms. The lowest BCUT2D eigenvalue weighted by Gasteiger charge is -2.28. The van der Waals surface area contributed by atoms with Crippen molar-refractivity contribution >= 4 is 0 Å². The van der Waals surface area contributed by atoms with E-state index in [0.717, 1.165) is 24.8 Å². The van der Waals surface area contributed by atoms with Crippen molar-refractivity contribution in [1.29, 1.82) is 5.26 Å². The van der Waals surface area contributed by atoms with Gasteiger partial charge in [-0.05, 0) is 42.9 Å². The highest BCUT2D eigenvalue weighted by atomic mass is 16.3. The lowest BCUT2D eigenvalue weighted by molar-refractivity contribution is 0.00449. The highest BCUT2D eigenvalue weighted by Crippen LogP contribution is 2.43. The standard InChI is InChI=1S/C13H15NO/c1-10-3-2-8-13(10,15)12-6-4-11(9-14)5-7-12/h4-7,10,15H,2-3,8H2,1H3/t10-,13-/m1/s1. The van der Waals surface area contributed by atoms with Gasteiger partial charge in [0.15, 0.2) is 0 Å². The number of hydrogen-bond donors (Lipinski definition) is 1. The van der Waals surface area contributed by atoms with Crippen molar-refractivity contribution in [2.45, 2.75) is 31.8 Å². The molecule has 0 aromatic heterocycles. The van der Waals surface area contributed by atoms with E-state index in [4.69, 9.17) is 5.26 Å². The monoisotopic (exact) mass is 201 g/mol. The minimum atomic E-state index is -0.673. The maximum atomic E-state index is 10.5. The molecule has 0 radical (unpaired) electrons. The molecule has 0 aliphatic heterocycles. The molecule has 0 spiro atoms. The fraction of sp³-hybridized carbons (Fsp3) is 0.462. The molecule has 1 aromatic rings. The van der Waals surface area contributed by atoms with Gasteiger partial charge in [0.05, 0.1) is 17.2 Å². The summed E-state index contributed by atoms with van der Waals surface area (Å²) >= 11 is 0. The summed E-state index contributed by atoms with van der Waals surface area (Å²) in [4.78, 5) is 0. The van der Waals surface area contributed by atoms with Crippen LogP contribution in [0.2, 0.25) is 0 Å². The van der Waals surface area contributed by atoms with E-state index in [1.54, 1.807) is 12.1 Å². The summed E-state index contributed by atoms with van der Waals surface area (Å²) in [5.41, 5.74) is 0.924. The minimum Gasteiger partial charge on any atom is -0.385 e. The Kier molecular flexibility index (Phi) is 2.50. The van der Waals surface area contributed by atoms with Crippen molar-refractivity contribution in [2.24, 2.45) is 5.92 Å². The van der Waals surface area contributed by atoms with E-state index in [9.17, 15) is 5.11 Å². The molecule has 0 unspecified atom stereocenters. The molecule has 15 heavy (non-hydrogen) atoms. The Morgan fingerprint density at radius 1 is 1.40 bits per heavy atom. The summed E-state index contributed by atoms with van der Waals surface area (Å²) in [6.07, 6.45) is 2.99. The van der Waals surface area contributed by atoms with Gasteiger partial charge in [0, 0.05) is 0 Å². The Balaban J connectivity index is 2.33. The van der Waals surface area contributed by atoms with Crippen molar-refractivity contribution in [3.63, 3.8) is 0 Å². The van der Waals surface area contributed by atoms with E-state index in [-0.39, 0.29) is 0 Å². The van der Waals surface area contributed by atoms with Crippen LogP contribution in [0.4, 0.5) is 0 Å². The van der Waals surface area contributed by atoms with Gasteiger partial charge in [-0.25, -0.2) is 0 Å². The Labute approximate surface area is 90.2 Å². The third-order valence-electron chi connectivity index (χ3n) is 3.52. The van der Waals surface area contributed by atoms with Crippen molar-refractivity contribution in [3.05, 3.63) is 35.4 Å². The van der Waals surface area contributed by atoms with Crippen molar-refractivity contribution in [2.75, 3.05) is 0 Å². The van der Waals surface area contributed by atoms with Crippen LogP contribution in [-0.2, 0) is 5.60 Å². The van der Waals surface area contributed by atoms with Crippen LogP contribution in [0.5, 0.6) is 0 Å². The van der Waals surface area contributed by atoms with Crippen LogP contribution in [0.3, 0.4) is 0 Å². The predicted octanol–water partition coefficient (Wildman–Crippen LogP) is 2.57. The Morgan fingerprint density at radius 3 is 2.53 bits per heavy atom. The van der Waals surface area contributed by atoms with E-state index in [0.29, 0.717) is 11.5 Å². The molecule has 2 rings (SSSR count). The van der Waals surface area contributed by atoms with Gasteiger partial charge < -0.3 is 5.11 Å². The smallest absolute Gasteiger partial charge is 0.0991 e. The molecule has 2 atom stereocenters. The second kappa shape index (κ2) is 3.67. The first-order valence-corrected chi connectivity index (χ1v) is 5.40. The van der Waals surface area contributed by atoms with E-state index in [1.165, 1.54) is 0 Å². The Bertz CT molecular complexity index is 390. The molecule has 1 N–H and O–H groups in total. The SMILES string of the molecule is C[C@@H]1CCC[C@]1(O)c1ccc(C#N)cc1. The van der Waals surface area contributed by atoms with Crippen LogP contribution >= 0.6 is 0 Å². The van der Waals surface area contributed by atoms with Gasteiger partial charge >= 0.3 is 0 Å². The van der Waals surface area contributed by atoms with Gasteiger partial charge in [0.1, 0.15) is 0 Å². The molecule has 0 heterocycles. The number of nitrogens with zero attached hydrogens (tertiary/aromatic N) is 1. The topological polar surface area (TPSA) is 44.0 Å². The molecule has 2 nitrogen and oxygen atoms in total. The van der Waals surface area contributed by atoms with Gasteiger partial charge in [0.2, 0.25) is 0 Å². The zero-order valence-corrected chi connectivity index (χ0v) is 8.90. The van der Waals surface area contributed by atoms with Crippen molar-refractivity contribution < 1.29 is 5.11 Å². The van der Waals surface area contributed by atoms with Gasteiger partial charge in [-0.3, -0.25) is 0 Å². The zero-order valence-electron chi connectivity index (χ0n) is 8.90. The first kappa shape index (κ1) is 10.2. The molecule has 2 heteroatoms. The highest BCUT2D eigenvalue weighted by molar-refractivity contribution is 5.34. The van der Waals surface area contributed by atoms with E-state index in [2.05, 4.69) is 13.0 Å². The maximum absolute atomic E-state index is 10.5. The predicted molar refractivity (Wildman–Crippen MR) is 58.1 cm³/mol. The average molecular weight is 201 g/mol. The summed E-state index contributed by atoms with van der Waals surface area (Å²) in [5, 5.41) is 19.2. The molecular weight excluding hydrogens is 186 g/mol. The quantitative estimate of drug-likeness (QED) is 0.758. The van der Waals surface area contributed by atoms with E-state index in [1.807, 2.05) is 12.1 Å². The fourth-order valence-electron chi connectivity index (χ4n) is 2.43. The number of benzene rings is 1. The molecule has 1 fully saturated rings. The van der Waals surface area contributed by atoms with Crippen LogP contribution in [0.25, 0.3) is 0 Å². The molecule has 78 valence electrons. The average Bonchev–Trinajstić information content (AvgIpc) is 2.61. The van der Waals surface area contributed by atoms with Crippen molar-refractivity contribution in [3.8, 4) is 6.07 Å². The summed E-state index contributed by atoms with van der Waals surface area (Å²) in [7, 11) is 0. The lowest BCUT2D eigenvalue weighted by Crippen LogP contribution is -2.28.